The van der Waals surface area contributed by atoms with Crippen LogP contribution in [0.15, 0.2) is 22.7 Å². The fourth-order valence-corrected chi connectivity index (χ4v) is 4.60. The van der Waals surface area contributed by atoms with Gasteiger partial charge in [-0.25, -0.2) is 0 Å². The minimum atomic E-state index is 0.0875. The van der Waals surface area contributed by atoms with Crippen LogP contribution in [0.25, 0.3) is 10.1 Å². The highest BCUT2D eigenvalue weighted by atomic mass is 79.9. The highest BCUT2D eigenvalue weighted by Crippen LogP contribution is 2.37. The van der Waals surface area contributed by atoms with Crippen LogP contribution in [-0.4, -0.2) is 22.9 Å². The number of halogens is 1. The van der Waals surface area contributed by atoms with Gasteiger partial charge in [0.05, 0.1) is 5.69 Å². The van der Waals surface area contributed by atoms with E-state index in [-0.39, 0.29) is 18.0 Å². The number of hydrogen-bond acceptors (Lipinski definition) is 3. The Morgan fingerprint density at radius 2 is 2.00 bits per heavy atom. The topological polar surface area (TPSA) is 46.3 Å². The highest BCUT2D eigenvalue weighted by molar-refractivity contribution is 9.10. The van der Waals surface area contributed by atoms with Gasteiger partial charge < -0.3 is 10.6 Å². The molecule has 0 aliphatic carbocycles. The van der Waals surface area contributed by atoms with Crippen molar-refractivity contribution in [1.82, 2.24) is 4.90 Å². The molecule has 0 radical (unpaired) electrons. The van der Waals surface area contributed by atoms with Gasteiger partial charge in [-0.2, -0.15) is 0 Å². The molecule has 3 rings (SSSR count). The van der Waals surface area contributed by atoms with E-state index < -0.39 is 0 Å². The Morgan fingerprint density at radius 3 is 2.67 bits per heavy atom. The van der Waals surface area contributed by atoms with Gasteiger partial charge in [-0.1, -0.05) is 15.9 Å². The van der Waals surface area contributed by atoms with E-state index in [0.29, 0.717) is 10.6 Å². The number of fused-ring (bicyclic) bond motifs is 1. The van der Waals surface area contributed by atoms with Crippen LogP contribution in [0.3, 0.4) is 0 Å². The predicted molar refractivity (Wildman–Crippen MR) is 92.9 cm³/mol. The summed E-state index contributed by atoms with van der Waals surface area (Å²) in [5, 5.41) is 0.968. The molecule has 1 amide bonds. The number of likely N-dealkylation sites (tertiary alicyclic amines) is 1. The summed E-state index contributed by atoms with van der Waals surface area (Å²) in [4.78, 5) is 15.6. The number of piperidine rings is 1. The highest BCUT2D eigenvalue weighted by Gasteiger charge is 2.31. The number of nitrogens with two attached hydrogens (primary N) is 1. The van der Waals surface area contributed by atoms with Gasteiger partial charge in [0.25, 0.3) is 5.91 Å². The molecule has 1 saturated heterocycles. The van der Waals surface area contributed by atoms with Crippen molar-refractivity contribution in [3.8, 4) is 0 Å². The lowest BCUT2D eigenvalue weighted by atomic mass is 9.97. The van der Waals surface area contributed by atoms with E-state index in [1.165, 1.54) is 17.8 Å². The van der Waals surface area contributed by atoms with Gasteiger partial charge in [0.15, 0.2) is 0 Å². The van der Waals surface area contributed by atoms with Crippen molar-refractivity contribution in [3.63, 3.8) is 0 Å². The third-order valence-corrected chi connectivity index (χ3v) is 5.98. The van der Waals surface area contributed by atoms with Crippen molar-refractivity contribution in [2.45, 2.75) is 45.2 Å². The minimum Gasteiger partial charge on any atom is -0.397 e. The van der Waals surface area contributed by atoms with Crippen molar-refractivity contribution in [1.29, 1.82) is 0 Å². The zero-order valence-corrected chi connectivity index (χ0v) is 14.6. The minimum absolute atomic E-state index is 0.0875. The number of benzene rings is 1. The van der Waals surface area contributed by atoms with E-state index in [2.05, 4.69) is 29.8 Å². The van der Waals surface area contributed by atoms with Crippen molar-refractivity contribution in [3.05, 3.63) is 27.5 Å². The smallest absolute Gasteiger partial charge is 0.266 e. The predicted octanol–water partition coefficient (Wildman–Crippen LogP) is 4.65. The van der Waals surface area contributed by atoms with Crippen LogP contribution in [-0.2, 0) is 0 Å². The lowest BCUT2D eigenvalue weighted by molar-refractivity contribution is 0.0517. The Kier molecular flexibility index (Phi) is 3.97. The molecule has 2 N–H and O–H groups in total. The largest absolute Gasteiger partial charge is 0.397 e. The molecule has 2 atom stereocenters. The van der Waals surface area contributed by atoms with Gasteiger partial charge in [0, 0.05) is 26.6 Å². The summed E-state index contributed by atoms with van der Waals surface area (Å²) in [6.45, 7) is 4.27. The molecule has 1 aromatic carbocycles. The number of carbonyl (C=O) groups excluding carboxylic acids is 1. The number of nitrogens with zero attached hydrogens (tertiary/aromatic N) is 1. The second-order valence-corrected chi connectivity index (χ2v) is 7.79. The lowest BCUT2D eigenvalue weighted by Gasteiger charge is -2.38. The molecule has 3 nitrogen and oxygen atoms in total. The monoisotopic (exact) mass is 366 g/mol. The van der Waals surface area contributed by atoms with Gasteiger partial charge >= 0.3 is 0 Å². The van der Waals surface area contributed by atoms with E-state index >= 15 is 0 Å². The van der Waals surface area contributed by atoms with Crippen LogP contribution < -0.4 is 5.73 Å². The fraction of sp³-hybridized carbons (Fsp3) is 0.438. The summed E-state index contributed by atoms with van der Waals surface area (Å²) in [6.07, 6.45) is 3.35. The standard InChI is InChI=1S/C16H19BrN2OS/c1-9-4-3-5-10(2)19(9)16(20)15-14(18)12-8-11(17)6-7-13(12)21-15/h6-10H,3-5,18H2,1-2H3/t9-,10+. The molecule has 0 saturated carbocycles. The maximum atomic E-state index is 12.9. The van der Waals surface area contributed by atoms with Crippen LogP contribution >= 0.6 is 27.3 Å². The summed E-state index contributed by atoms with van der Waals surface area (Å²) in [6, 6.07) is 6.56. The van der Waals surface area contributed by atoms with Crippen molar-refractivity contribution >= 4 is 48.9 Å². The molecule has 0 bridgehead atoms. The van der Waals surface area contributed by atoms with Gasteiger partial charge in [-0.15, -0.1) is 11.3 Å². The molecular weight excluding hydrogens is 348 g/mol. The van der Waals surface area contributed by atoms with Crippen LogP contribution in [0, 0.1) is 0 Å². The van der Waals surface area contributed by atoms with Crippen LogP contribution in [0.5, 0.6) is 0 Å². The summed E-state index contributed by atoms with van der Waals surface area (Å²) < 4.78 is 2.05. The number of nitrogen functional groups attached to an aromatic ring is 1. The molecule has 2 heterocycles. The maximum absolute atomic E-state index is 12.9. The first-order valence-corrected chi connectivity index (χ1v) is 8.90. The summed E-state index contributed by atoms with van der Waals surface area (Å²) in [5.41, 5.74) is 6.87. The van der Waals surface area contributed by atoms with Crippen molar-refractivity contribution in [2.24, 2.45) is 0 Å². The van der Waals surface area contributed by atoms with E-state index in [1.807, 2.05) is 23.1 Å². The normalized spacial score (nSPS) is 22.7. The second kappa shape index (κ2) is 5.61. The Morgan fingerprint density at radius 1 is 1.33 bits per heavy atom. The fourth-order valence-electron chi connectivity index (χ4n) is 3.19. The first kappa shape index (κ1) is 14.9. The average molecular weight is 367 g/mol. The van der Waals surface area contributed by atoms with E-state index in [4.69, 9.17) is 5.73 Å². The molecule has 2 aromatic rings. The Hall–Kier alpha value is -1.07. The Labute approximate surface area is 137 Å². The molecule has 1 aliphatic heterocycles. The zero-order chi connectivity index (χ0) is 15.1. The maximum Gasteiger partial charge on any atom is 0.266 e. The molecule has 1 fully saturated rings. The van der Waals surface area contributed by atoms with E-state index in [1.54, 1.807) is 0 Å². The average Bonchev–Trinajstić information content (AvgIpc) is 2.76. The zero-order valence-electron chi connectivity index (χ0n) is 12.2. The number of carbonyl (C=O) groups is 1. The second-order valence-electron chi connectivity index (χ2n) is 5.83. The van der Waals surface area contributed by atoms with Crippen molar-refractivity contribution < 1.29 is 4.79 Å². The number of hydrogen-bond donors (Lipinski definition) is 1. The molecule has 112 valence electrons. The summed E-state index contributed by atoms with van der Waals surface area (Å²) >= 11 is 4.96. The number of thiophene rings is 1. The molecule has 0 unspecified atom stereocenters. The van der Waals surface area contributed by atoms with Crippen LogP contribution in [0.1, 0.15) is 42.8 Å². The SMILES string of the molecule is C[C@@H]1CCC[C@H](C)N1C(=O)c1sc2ccc(Br)cc2c1N. The van der Waals surface area contributed by atoms with Gasteiger partial charge in [0.2, 0.25) is 0 Å². The van der Waals surface area contributed by atoms with Crippen molar-refractivity contribution in [2.75, 3.05) is 5.73 Å². The number of amides is 1. The summed E-state index contributed by atoms with van der Waals surface area (Å²) in [5.74, 6) is 0.0875. The summed E-state index contributed by atoms with van der Waals surface area (Å²) in [7, 11) is 0. The lowest BCUT2D eigenvalue weighted by Crippen LogP contribution is -2.47. The van der Waals surface area contributed by atoms with Gasteiger partial charge in [0.1, 0.15) is 4.88 Å². The Balaban J connectivity index is 2.03. The third-order valence-electron chi connectivity index (χ3n) is 4.31. The molecule has 5 heteroatoms. The van der Waals surface area contributed by atoms with Crippen LogP contribution in [0.4, 0.5) is 5.69 Å². The Bertz CT molecular complexity index is 687. The molecule has 1 aliphatic rings. The van der Waals surface area contributed by atoms with E-state index in [9.17, 15) is 4.79 Å². The molecule has 21 heavy (non-hydrogen) atoms. The molecular formula is C16H19BrN2OS. The number of rotatable bonds is 1. The molecule has 0 spiro atoms. The first-order valence-electron chi connectivity index (χ1n) is 7.29. The number of anilines is 1. The first-order chi connectivity index (χ1) is 9.99. The van der Waals surface area contributed by atoms with Gasteiger partial charge in [-0.3, -0.25) is 4.79 Å². The quantitative estimate of drug-likeness (QED) is 0.798. The third kappa shape index (κ3) is 2.57. The van der Waals surface area contributed by atoms with E-state index in [0.717, 1.165) is 27.4 Å². The van der Waals surface area contributed by atoms with Gasteiger partial charge in [-0.05, 0) is 51.3 Å². The molecule has 1 aromatic heterocycles. The van der Waals surface area contributed by atoms with Crippen LogP contribution in [0.2, 0.25) is 0 Å².